The number of hydrogen-bond acceptors (Lipinski definition) is 6. The Balaban J connectivity index is 1.79. The maximum absolute atomic E-state index is 13.0. The van der Waals surface area contributed by atoms with Crippen molar-refractivity contribution in [3.05, 3.63) is 72.1 Å². The smallest absolute Gasteiger partial charge is 0.254 e. The summed E-state index contributed by atoms with van der Waals surface area (Å²) >= 11 is 0. The Bertz CT molecular complexity index is 892. The molecule has 0 aliphatic carbocycles. The lowest BCUT2D eigenvalue weighted by atomic mass is 10.1. The van der Waals surface area contributed by atoms with Gasteiger partial charge in [0.25, 0.3) is 5.91 Å². The molecule has 0 spiro atoms. The summed E-state index contributed by atoms with van der Waals surface area (Å²) in [6.45, 7) is 3.79. The molecule has 7 heteroatoms. The second kappa shape index (κ2) is 7.89. The Kier molecular flexibility index (Phi) is 5.38. The molecule has 0 aliphatic rings. The molecular formula is C20H19N3O4. The highest BCUT2D eigenvalue weighted by atomic mass is 16.3. The van der Waals surface area contributed by atoms with Crippen molar-refractivity contribution in [3.8, 4) is 11.8 Å². The zero-order valence-electron chi connectivity index (χ0n) is 15.0. The van der Waals surface area contributed by atoms with E-state index in [-0.39, 0.29) is 19.0 Å². The van der Waals surface area contributed by atoms with Crippen molar-refractivity contribution in [1.82, 2.24) is 14.9 Å². The van der Waals surface area contributed by atoms with Gasteiger partial charge >= 0.3 is 0 Å². The molecule has 0 unspecified atom stereocenters. The molecule has 138 valence electrons. The fraction of sp³-hybridized carbons (Fsp3) is 0.250. The number of hydrogen-bond donors (Lipinski definition) is 1. The van der Waals surface area contributed by atoms with Crippen molar-refractivity contribution < 1.29 is 18.7 Å². The number of carbonyl (C=O) groups excluding carboxylic acids is 1. The third-order valence-corrected chi connectivity index (χ3v) is 3.60. The van der Waals surface area contributed by atoms with Crippen LogP contribution in [0.25, 0.3) is 0 Å². The molecule has 1 aromatic carbocycles. The monoisotopic (exact) mass is 365 g/mol. The minimum atomic E-state index is -1.07. The van der Waals surface area contributed by atoms with Crippen molar-refractivity contribution in [2.45, 2.75) is 32.5 Å². The molecule has 0 saturated carbocycles. The predicted molar refractivity (Wildman–Crippen MR) is 96.2 cm³/mol. The van der Waals surface area contributed by atoms with Crippen LogP contribution in [0.15, 0.2) is 58.4 Å². The molecule has 3 rings (SSSR count). The highest BCUT2D eigenvalue weighted by Gasteiger charge is 2.19. The van der Waals surface area contributed by atoms with Crippen LogP contribution in [-0.4, -0.2) is 31.5 Å². The maximum atomic E-state index is 13.0. The number of oxazole rings is 2. The van der Waals surface area contributed by atoms with Crippen LogP contribution in [0.3, 0.4) is 0 Å². The summed E-state index contributed by atoms with van der Waals surface area (Å²) in [6.07, 6.45) is 5.64. The van der Waals surface area contributed by atoms with Crippen molar-refractivity contribution in [2.24, 2.45) is 0 Å². The Labute approximate surface area is 156 Å². The number of benzene rings is 1. The minimum absolute atomic E-state index is 0.178. The molecule has 1 amide bonds. The largest absolute Gasteiger partial charge is 0.451 e. The predicted octanol–water partition coefficient (Wildman–Crippen LogP) is 2.63. The lowest BCUT2D eigenvalue weighted by Gasteiger charge is -2.20. The Morgan fingerprint density at radius 1 is 1.07 bits per heavy atom. The fourth-order valence-electron chi connectivity index (χ4n) is 2.33. The summed E-state index contributed by atoms with van der Waals surface area (Å²) in [6, 6.07) is 6.90. The van der Waals surface area contributed by atoms with Gasteiger partial charge in [-0.1, -0.05) is 11.8 Å². The van der Waals surface area contributed by atoms with Gasteiger partial charge in [0.05, 0.1) is 24.5 Å². The maximum Gasteiger partial charge on any atom is 0.254 e. The molecule has 3 aromatic rings. The van der Waals surface area contributed by atoms with Crippen molar-refractivity contribution in [1.29, 1.82) is 0 Å². The summed E-state index contributed by atoms with van der Waals surface area (Å²) in [5, 5.41) is 9.68. The molecule has 0 aliphatic heterocycles. The first-order valence-corrected chi connectivity index (χ1v) is 8.30. The van der Waals surface area contributed by atoms with E-state index in [2.05, 4.69) is 21.8 Å². The van der Waals surface area contributed by atoms with E-state index in [1.54, 1.807) is 43.0 Å². The average Bonchev–Trinajstić information content (AvgIpc) is 3.33. The number of aliphatic hydroxyl groups is 1. The summed E-state index contributed by atoms with van der Waals surface area (Å²) in [5.74, 6) is 5.45. The van der Waals surface area contributed by atoms with Gasteiger partial charge in [-0.25, -0.2) is 9.97 Å². The molecule has 1 N–H and O–H groups in total. The highest BCUT2D eigenvalue weighted by molar-refractivity contribution is 5.94. The lowest BCUT2D eigenvalue weighted by Crippen LogP contribution is -2.30. The first-order valence-electron chi connectivity index (χ1n) is 8.30. The summed E-state index contributed by atoms with van der Waals surface area (Å²) < 4.78 is 9.97. The van der Waals surface area contributed by atoms with E-state index < -0.39 is 5.60 Å². The van der Waals surface area contributed by atoms with Crippen LogP contribution in [-0.2, 0) is 13.1 Å². The van der Waals surface area contributed by atoms with Crippen LogP contribution in [0, 0.1) is 11.8 Å². The highest BCUT2D eigenvalue weighted by Crippen LogP contribution is 2.14. The van der Waals surface area contributed by atoms with Crippen LogP contribution in [0.5, 0.6) is 0 Å². The Morgan fingerprint density at radius 3 is 2.07 bits per heavy atom. The number of amides is 1. The quantitative estimate of drug-likeness (QED) is 0.699. The van der Waals surface area contributed by atoms with Crippen LogP contribution >= 0.6 is 0 Å². The number of carbonyl (C=O) groups is 1. The molecule has 27 heavy (non-hydrogen) atoms. The van der Waals surface area contributed by atoms with Gasteiger partial charge in [-0.2, -0.15) is 0 Å². The first-order chi connectivity index (χ1) is 12.9. The number of aromatic nitrogens is 2. The fourth-order valence-corrected chi connectivity index (χ4v) is 2.33. The number of rotatable bonds is 5. The Hall–Kier alpha value is -3.37. The third kappa shape index (κ3) is 5.30. The summed E-state index contributed by atoms with van der Waals surface area (Å²) in [7, 11) is 0. The summed E-state index contributed by atoms with van der Waals surface area (Å²) in [4.78, 5) is 22.7. The van der Waals surface area contributed by atoms with Crippen molar-refractivity contribution >= 4 is 5.91 Å². The molecule has 2 aromatic heterocycles. The molecular weight excluding hydrogens is 346 g/mol. The zero-order chi connectivity index (χ0) is 19.3. The standard InChI is InChI=1S/C20H19N3O4/c1-20(2,25)8-7-15-3-5-16(6-4-15)19(24)23(9-17-11-26-13-21-17)10-18-12-27-14-22-18/h3-6,11-14,25H,9-10H2,1-2H3. The van der Waals surface area contributed by atoms with E-state index in [9.17, 15) is 9.90 Å². The van der Waals surface area contributed by atoms with Gasteiger partial charge in [-0.05, 0) is 38.1 Å². The van der Waals surface area contributed by atoms with Crippen LogP contribution in [0.2, 0.25) is 0 Å². The van der Waals surface area contributed by atoms with E-state index in [0.717, 1.165) is 0 Å². The minimum Gasteiger partial charge on any atom is -0.451 e. The van der Waals surface area contributed by atoms with E-state index in [4.69, 9.17) is 8.83 Å². The molecule has 2 heterocycles. The molecule has 7 nitrogen and oxygen atoms in total. The van der Waals surface area contributed by atoms with Crippen molar-refractivity contribution in [3.63, 3.8) is 0 Å². The van der Waals surface area contributed by atoms with Gasteiger partial charge < -0.3 is 18.8 Å². The van der Waals surface area contributed by atoms with Crippen LogP contribution in [0.4, 0.5) is 0 Å². The second-order valence-electron chi connectivity index (χ2n) is 6.51. The van der Waals surface area contributed by atoms with Gasteiger partial charge in [-0.3, -0.25) is 4.79 Å². The van der Waals surface area contributed by atoms with Crippen molar-refractivity contribution in [2.75, 3.05) is 0 Å². The van der Waals surface area contributed by atoms with E-state index in [1.165, 1.54) is 25.3 Å². The molecule has 0 saturated heterocycles. The molecule has 0 bridgehead atoms. The van der Waals surface area contributed by atoms with Gasteiger partial charge in [0.1, 0.15) is 18.1 Å². The SMILES string of the molecule is CC(C)(O)C#Cc1ccc(C(=O)N(Cc2cocn2)Cc2cocn2)cc1. The number of nitrogens with zero attached hydrogens (tertiary/aromatic N) is 3. The third-order valence-electron chi connectivity index (χ3n) is 3.60. The Morgan fingerprint density at radius 2 is 1.63 bits per heavy atom. The topological polar surface area (TPSA) is 92.6 Å². The van der Waals surface area contributed by atoms with Gasteiger partial charge in [0.2, 0.25) is 0 Å². The lowest BCUT2D eigenvalue weighted by molar-refractivity contribution is 0.0725. The van der Waals surface area contributed by atoms with Gasteiger partial charge in [0.15, 0.2) is 12.8 Å². The molecule has 0 fully saturated rings. The molecule has 0 radical (unpaired) electrons. The average molecular weight is 365 g/mol. The van der Waals surface area contributed by atoms with E-state index in [0.29, 0.717) is 22.5 Å². The zero-order valence-corrected chi connectivity index (χ0v) is 15.0. The van der Waals surface area contributed by atoms with E-state index >= 15 is 0 Å². The first kappa shape index (κ1) is 18.4. The summed E-state index contributed by atoms with van der Waals surface area (Å²) in [5.41, 5.74) is 1.43. The van der Waals surface area contributed by atoms with Gasteiger partial charge in [-0.15, -0.1) is 0 Å². The van der Waals surface area contributed by atoms with E-state index in [1.807, 2.05) is 0 Å². The normalized spacial score (nSPS) is 10.9. The van der Waals surface area contributed by atoms with Crippen LogP contribution < -0.4 is 0 Å². The van der Waals surface area contributed by atoms with Gasteiger partial charge in [0, 0.05) is 11.1 Å². The second-order valence-corrected chi connectivity index (χ2v) is 6.51. The van der Waals surface area contributed by atoms with Crippen LogP contribution in [0.1, 0.15) is 41.2 Å². The molecule has 0 atom stereocenters.